The number of halogens is 4. The molecule has 166 valence electrons. The number of rotatable bonds is 9. The lowest BCUT2D eigenvalue weighted by Gasteiger charge is -2.34. The Balaban J connectivity index is 0.00000420. The predicted octanol–water partition coefficient (Wildman–Crippen LogP) is 3.32. The van der Waals surface area contributed by atoms with E-state index in [0.29, 0.717) is 12.5 Å². The van der Waals surface area contributed by atoms with Crippen LogP contribution in [0, 0.1) is 0 Å². The summed E-state index contributed by atoms with van der Waals surface area (Å²) in [4.78, 5) is 8.92. The highest BCUT2D eigenvalue weighted by Crippen LogP contribution is 2.18. The van der Waals surface area contributed by atoms with Gasteiger partial charge in [0.15, 0.2) is 5.96 Å². The maximum atomic E-state index is 12.2. The molecule has 1 saturated heterocycles. The van der Waals surface area contributed by atoms with E-state index in [4.69, 9.17) is 0 Å². The van der Waals surface area contributed by atoms with Crippen molar-refractivity contribution in [3.05, 3.63) is 35.9 Å². The van der Waals surface area contributed by atoms with E-state index in [1.807, 2.05) is 6.07 Å². The Morgan fingerprint density at radius 2 is 1.59 bits per heavy atom. The first kappa shape index (κ1) is 26.0. The van der Waals surface area contributed by atoms with Crippen molar-refractivity contribution in [3.63, 3.8) is 0 Å². The number of hydrogen-bond acceptors (Lipinski definition) is 3. The first-order valence-corrected chi connectivity index (χ1v) is 9.96. The molecule has 0 unspecified atom stereocenters. The van der Waals surface area contributed by atoms with Crippen LogP contribution in [0.3, 0.4) is 0 Å². The summed E-state index contributed by atoms with van der Waals surface area (Å²) in [6, 6.07) is 10.6. The average molecular weight is 527 g/mol. The van der Waals surface area contributed by atoms with Gasteiger partial charge < -0.3 is 15.5 Å². The molecule has 0 bridgehead atoms. The number of hydrogen-bond donors (Lipinski definition) is 2. The molecule has 0 radical (unpaired) electrons. The van der Waals surface area contributed by atoms with Crippen molar-refractivity contribution >= 4 is 29.9 Å². The zero-order chi connectivity index (χ0) is 20.2. The highest BCUT2D eigenvalue weighted by atomic mass is 127. The van der Waals surface area contributed by atoms with Gasteiger partial charge >= 0.3 is 6.18 Å². The molecule has 1 aliphatic heterocycles. The zero-order valence-corrected chi connectivity index (χ0v) is 19.4. The Kier molecular flexibility index (Phi) is 12.6. The van der Waals surface area contributed by atoms with Gasteiger partial charge in [-0.2, -0.15) is 13.2 Å². The van der Waals surface area contributed by atoms with Gasteiger partial charge in [0.05, 0.1) is 6.42 Å². The van der Waals surface area contributed by atoms with E-state index in [1.165, 1.54) is 5.56 Å². The van der Waals surface area contributed by atoms with Gasteiger partial charge in [-0.1, -0.05) is 30.3 Å². The third kappa shape index (κ3) is 11.6. The number of guanidine groups is 1. The number of benzene rings is 1. The van der Waals surface area contributed by atoms with E-state index < -0.39 is 12.6 Å². The highest BCUT2D eigenvalue weighted by molar-refractivity contribution is 14.0. The second-order valence-electron chi connectivity index (χ2n) is 7.10. The van der Waals surface area contributed by atoms with Crippen molar-refractivity contribution < 1.29 is 13.2 Å². The lowest BCUT2D eigenvalue weighted by molar-refractivity contribution is -0.132. The monoisotopic (exact) mass is 527 g/mol. The third-order valence-corrected chi connectivity index (χ3v) is 4.83. The molecule has 0 atom stereocenters. The first-order valence-electron chi connectivity index (χ1n) is 9.96. The van der Waals surface area contributed by atoms with Gasteiger partial charge in [-0.05, 0) is 24.9 Å². The maximum absolute atomic E-state index is 12.2. The summed E-state index contributed by atoms with van der Waals surface area (Å²) in [7, 11) is 1.57. The minimum atomic E-state index is -4.14. The molecule has 2 N–H and O–H groups in total. The van der Waals surface area contributed by atoms with Gasteiger partial charge in [0, 0.05) is 52.9 Å². The van der Waals surface area contributed by atoms with Crippen molar-refractivity contribution in [1.82, 2.24) is 20.4 Å². The lowest BCUT2D eigenvalue weighted by atomic mass is 10.2. The fraction of sp³-hybridized carbons (Fsp3) is 0.650. The van der Waals surface area contributed by atoms with Gasteiger partial charge in [-0.15, -0.1) is 24.0 Å². The van der Waals surface area contributed by atoms with Crippen LogP contribution in [0.1, 0.15) is 24.8 Å². The van der Waals surface area contributed by atoms with Crippen LogP contribution in [0.25, 0.3) is 0 Å². The average Bonchev–Trinajstić information content (AvgIpc) is 2.67. The quantitative estimate of drug-likeness (QED) is 0.224. The second kappa shape index (κ2) is 14.0. The molecule has 9 heteroatoms. The molecule has 1 fully saturated rings. The Morgan fingerprint density at radius 1 is 0.966 bits per heavy atom. The van der Waals surface area contributed by atoms with Crippen molar-refractivity contribution in [2.24, 2.45) is 4.99 Å². The van der Waals surface area contributed by atoms with Gasteiger partial charge in [0.1, 0.15) is 0 Å². The molecular weight excluding hydrogens is 494 g/mol. The van der Waals surface area contributed by atoms with Crippen LogP contribution in [0.5, 0.6) is 0 Å². The predicted molar refractivity (Wildman–Crippen MR) is 123 cm³/mol. The van der Waals surface area contributed by atoms with E-state index in [0.717, 1.165) is 52.1 Å². The number of nitrogens with zero attached hydrogens (tertiary/aromatic N) is 3. The molecule has 0 aromatic heterocycles. The summed E-state index contributed by atoms with van der Waals surface area (Å²) in [6.45, 7) is 6.96. The molecule has 1 aromatic carbocycles. The van der Waals surface area contributed by atoms with E-state index >= 15 is 0 Å². The van der Waals surface area contributed by atoms with Crippen LogP contribution < -0.4 is 10.6 Å². The molecule has 0 amide bonds. The van der Waals surface area contributed by atoms with Crippen LogP contribution in [-0.4, -0.2) is 74.8 Å². The minimum Gasteiger partial charge on any atom is -0.356 e. The van der Waals surface area contributed by atoms with E-state index in [2.05, 4.69) is 49.7 Å². The Hall–Kier alpha value is -1.07. The number of alkyl halides is 3. The SMILES string of the molecule is CN=C(NCCCCN1CCN(Cc2ccccc2)CC1)NCCC(F)(F)F.I. The molecule has 1 heterocycles. The highest BCUT2D eigenvalue weighted by Gasteiger charge is 2.26. The van der Waals surface area contributed by atoms with Crippen LogP contribution in [0.2, 0.25) is 0 Å². The number of nitrogens with one attached hydrogen (secondary N) is 2. The Labute approximate surface area is 189 Å². The summed E-state index contributed by atoms with van der Waals surface area (Å²) in [5, 5.41) is 5.77. The van der Waals surface area contributed by atoms with Crippen LogP contribution in [0.4, 0.5) is 13.2 Å². The van der Waals surface area contributed by atoms with Gasteiger partial charge in [-0.25, -0.2) is 0 Å². The molecule has 0 spiro atoms. The normalized spacial score (nSPS) is 16.3. The van der Waals surface area contributed by atoms with Gasteiger partial charge in [0.2, 0.25) is 0 Å². The van der Waals surface area contributed by atoms with E-state index in [1.54, 1.807) is 7.05 Å². The van der Waals surface area contributed by atoms with Crippen molar-refractivity contribution in [1.29, 1.82) is 0 Å². The van der Waals surface area contributed by atoms with Crippen molar-refractivity contribution in [3.8, 4) is 0 Å². The van der Waals surface area contributed by atoms with Crippen LogP contribution in [-0.2, 0) is 6.54 Å². The summed E-state index contributed by atoms with van der Waals surface area (Å²) in [6.07, 6.45) is -2.98. The molecule has 0 aliphatic carbocycles. The van der Waals surface area contributed by atoms with Crippen molar-refractivity contribution in [2.75, 3.05) is 52.9 Å². The molecule has 5 nitrogen and oxygen atoms in total. The minimum absolute atomic E-state index is 0. The Bertz CT molecular complexity index is 575. The Morgan fingerprint density at radius 3 is 2.21 bits per heavy atom. The van der Waals surface area contributed by atoms with Crippen LogP contribution in [0.15, 0.2) is 35.3 Å². The largest absolute Gasteiger partial charge is 0.390 e. The molecule has 0 saturated carbocycles. The van der Waals surface area contributed by atoms with Gasteiger partial charge in [0.25, 0.3) is 0 Å². The standard InChI is InChI=1S/C20H32F3N5.HI/c1-24-19(26-11-9-20(21,22)23)25-10-5-6-12-27-13-15-28(16-14-27)17-18-7-3-2-4-8-18;/h2-4,7-8H,5-6,9-17H2,1H3,(H2,24,25,26);1H. The van der Waals surface area contributed by atoms with Gasteiger partial charge in [-0.3, -0.25) is 9.89 Å². The third-order valence-electron chi connectivity index (χ3n) is 4.83. The molecule has 2 rings (SSSR count). The number of aliphatic imine (C=N–C) groups is 1. The fourth-order valence-electron chi connectivity index (χ4n) is 3.22. The van der Waals surface area contributed by atoms with E-state index in [-0.39, 0.29) is 30.5 Å². The summed E-state index contributed by atoms with van der Waals surface area (Å²) in [5.74, 6) is 0.429. The van der Waals surface area contributed by atoms with E-state index in [9.17, 15) is 13.2 Å². The number of piperazine rings is 1. The van der Waals surface area contributed by atoms with Crippen molar-refractivity contribution in [2.45, 2.75) is 32.0 Å². The fourth-order valence-corrected chi connectivity index (χ4v) is 3.22. The topological polar surface area (TPSA) is 42.9 Å². The smallest absolute Gasteiger partial charge is 0.356 e. The summed E-state index contributed by atoms with van der Waals surface area (Å²) < 4.78 is 36.5. The second-order valence-corrected chi connectivity index (χ2v) is 7.10. The lowest BCUT2D eigenvalue weighted by Crippen LogP contribution is -2.46. The summed E-state index contributed by atoms with van der Waals surface area (Å²) >= 11 is 0. The number of unbranched alkanes of at least 4 members (excludes halogenated alkanes) is 1. The molecule has 1 aromatic rings. The molecular formula is C20H33F3IN5. The van der Waals surface area contributed by atoms with Crippen LogP contribution >= 0.6 is 24.0 Å². The summed E-state index contributed by atoms with van der Waals surface area (Å²) in [5.41, 5.74) is 1.36. The first-order chi connectivity index (χ1) is 13.5. The molecule has 29 heavy (non-hydrogen) atoms. The zero-order valence-electron chi connectivity index (χ0n) is 17.0. The maximum Gasteiger partial charge on any atom is 0.390 e. The molecule has 1 aliphatic rings.